The highest BCUT2D eigenvalue weighted by Crippen LogP contribution is 2.37. The van der Waals surface area contributed by atoms with Crippen molar-refractivity contribution >= 4 is 23.2 Å². The lowest BCUT2D eigenvalue weighted by atomic mass is 10.1. The first kappa shape index (κ1) is 14.8. The van der Waals surface area contributed by atoms with Crippen LogP contribution in [0.15, 0.2) is 12.1 Å². The van der Waals surface area contributed by atoms with Gasteiger partial charge in [-0.1, -0.05) is 11.6 Å². The van der Waals surface area contributed by atoms with E-state index in [-0.39, 0.29) is 6.10 Å². The van der Waals surface area contributed by atoms with Crippen molar-refractivity contribution in [1.82, 2.24) is 0 Å². The average molecular weight is 305 g/mol. The second-order valence-corrected chi connectivity index (χ2v) is 5.22. The molecule has 1 aromatic rings. The molecule has 0 N–H and O–H groups in total. The topological polar surface area (TPSA) is 27.7 Å². The predicted octanol–water partition coefficient (Wildman–Crippen LogP) is 4.04. The molecule has 0 aliphatic carbocycles. The van der Waals surface area contributed by atoms with E-state index >= 15 is 0 Å². The van der Waals surface area contributed by atoms with Gasteiger partial charge in [0.15, 0.2) is 11.5 Å². The number of alkyl halides is 1. The van der Waals surface area contributed by atoms with Gasteiger partial charge in [0.25, 0.3) is 0 Å². The van der Waals surface area contributed by atoms with Crippen molar-refractivity contribution in [1.29, 1.82) is 0 Å². The minimum absolute atomic E-state index is 0.141. The number of hydrogen-bond acceptors (Lipinski definition) is 3. The fourth-order valence-electron chi connectivity index (χ4n) is 2.11. The Morgan fingerprint density at radius 1 is 1.37 bits per heavy atom. The molecule has 1 saturated heterocycles. The van der Waals surface area contributed by atoms with Gasteiger partial charge in [0, 0.05) is 12.5 Å². The number of rotatable bonds is 5. The summed E-state index contributed by atoms with van der Waals surface area (Å²) in [5, 5.41) is 0.519. The van der Waals surface area contributed by atoms with Crippen LogP contribution >= 0.6 is 23.2 Å². The average Bonchev–Trinajstić information content (AvgIpc) is 2.46. The normalized spacial score (nSPS) is 19.2. The van der Waals surface area contributed by atoms with Crippen LogP contribution in [0, 0.1) is 0 Å². The zero-order chi connectivity index (χ0) is 13.7. The molecular formula is C14H18Cl2O3. The van der Waals surface area contributed by atoms with Gasteiger partial charge in [-0.3, -0.25) is 0 Å². The summed E-state index contributed by atoms with van der Waals surface area (Å²) in [4.78, 5) is 0. The summed E-state index contributed by atoms with van der Waals surface area (Å²) in [7, 11) is 1.59. The summed E-state index contributed by atoms with van der Waals surface area (Å²) < 4.78 is 16.7. The van der Waals surface area contributed by atoms with Crippen LogP contribution in [0.3, 0.4) is 0 Å². The van der Waals surface area contributed by atoms with Gasteiger partial charge in [0.2, 0.25) is 0 Å². The standard InChI is InChI=1S/C14H18Cl2O3/c1-17-13-7-10(8-15)6-12(16)14(13)19-9-11-4-2-3-5-18-11/h6-7,11H,2-5,8-9H2,1H3. The molecule has 106 valence electrons. The van der Waals surface area contributed by atoms with Crippen molar-refractivity contribution in [3.05, 3.63) is 22.7 Å². The highest BCUT2D eigenvalue weighted by molar-refractivity contribution is 6.32. The minimum Gasteiger partial charge on any atom is -0.493 e. The fourth-order valence-corrected chi connectivity index (χ4v) is 2.55. The molecular weight excluding hydrogens is 287 g/mol. The van der Waals surface area contributed by atoms with Crippen molar-refractivity contribution in [2.45, 2.75) is 31.2 Å². The van der Waals surface area contributed by atoms with Crippen LogP contribution in [-0.4, -0.2) is 26.4 Å². The first-order valence-corrected chi connectivity index (χ1v) is 7.32. The Hall–Kier alpha value is -0.640. The lowest BCUT2D eigenvalue weighted by Crippen LogP contribution is -2.26. The maximum atomic E-state index is 6.21. The molecule has 19 heavy (non-hydrogen) atoms. The van der Waals surface area contributed by atoms with Crippen molar-refractivity contribution in [2.24, 2.45) is 0 Å². The molecule has 0 saturated carbocycles. The van der Waals surface area contributed by atoms with E-state index in [4.69, 9.17) is 37.4 Å². The maximum Gasteiger partial charge on any atom is 0.179 e. The SMILES string of the molecule is COc1cc(CCl)cc(Cl)c1OCC1CCCCO1. The van der Waals surface area contributed by atoms with Crippen LogP contribution in [-0.2, 0) is 10.6 Å². The van der Waals surface area contributed by atoms with E-state index in [1.807, 2.05) is 6.07 Å². The van der Waals surface area contributed by atoms with Crippen LogP contribution in [0.1, 0.15) is 24.8 Å². The monoisotopic (exact) mass is 304 g/mol. The zero-order valence-corrected chi connectivity index (χ0v) is 12.5. The molecule has 1 unspecified atom stereocenters. The van der Waals surface area contributed by atoms with Gasteiger partial charge in [-0.05, 0) is 37.0 Å². The Morgan fingerprint density at radius 3 is 2.84 bits per heavy atom. The minimum atomic E-state index is 0.141. The zero-order valence-electron chi connectivity index (χ0n) is 11.0. The molecule has 1 aliphatic rings. The molecule has 1 heterocycles. The van der Waals surface area contributed by atoms with Crippen molar-refractivity contribution < 1.29 is 14.2 Å². The van der Waals surface area contributed by atoms with Gasteiger partial charge in [0.05, 0.1) is 18.2 Å². The van der Waals surface area contributed by atoms with Crippen molar-refractivity contribution in [3.8, 4) is 11.5 Å². The third-order valence-corrected chi connectivity index (χ3v) is 3.72. The third kappa shape index (κ3) is 3.91. The Bertz CT molecular complexity index is 417. The molecule has 0 spiro atoms. The molecule has 1 aromatic carbocycles. The van der Waals surface area contributed by atoms with Crippen LogP contribution in [0.4, 0.5) is 0 Å². The molecule has 0 radical (unpaired) electrons. The Balaban J connectivity index is 2.05. The van der Waals surface area contributed by atoms with Gasteiger partial charge in [-0.15, -0.1) is 11.6 Å². The molecule has 0 aromatic heterocycles. The quantitative estimate of drug-likeness (QED) is 0.769. The molecule has 1 fully saturated rings. The molecule has 5 heteroatoms. The van der Waals surface area contributed by atoms with E-state index in [9.17, 15) is 0 Å². The Kier molecular flexibility index (Phi) is 5.61. The van der Waals surface area contributed by atoms with E-state index in [1.54, 1.807) is 13.2 Å². The summed E-state index contributed by atoms with van der Waals surface area (Å²) in [6.45, 7) is 1.31. The molecule has 1 aliphatic heterocycles. The van der Waals surface area contributed by atoms with E-state index in [2.05, 4.69) is 0 Å². The summed E-state index contributed by atoms with van der Waals surface area (Å²) in [5.41, 5.74) is 0.907. The number of ether oxygens (including phenoxy) is 3. The summed E-state index contributed by atoms with van der Waals surface area (Å²) in [6.07, 6.45) is 3.48. The van der Waals surface area contributed by atoms with E-state index in [0.717, 1.165) is 25.0 Å². The van der Waals surface area contributed by atoms with Crippen molar-refractivity contribution in [3.63, 3.8) is 0 Å². The van der Waals surface area contributed by atoms with Gasteiger partial charge >= 0.3 is 0 Å². The largest absolute Gasteiger partial charge is 0.493 e. The maximum absolute atomic E-state index is 6.21. The Morgan fingerprint density at radius 2 is 2.21 bits per heavy atom. The fraction of sp³-hybridized carbons (Fsp3) is 0.571. The molecule has 0 bridgehead atoms. The lowest BCUT2D eigenvalue weighted by molar-refractivity contribution is -0.0114. The van der Waals surface area contributed by atoms with Gasteiger partial charge in [-0.2, -0.15) is 0 Å². The highest BCUT2D eigenvalue weighted by atomic mass is 35.5. The van der Waals surface area contributed by atoms with Crippen LogP contribution < -0.4 is 9.47 Å². The van der Waals surface area contributed by atoms with Crippen LogP contribution in [0.2, 0.25) is 5.02 Å². The van der Waals surface area contributed by atoms with Crippen molar-refractivity contribution in [2.75, 3.05) is 20.3 Å². The molecule has 0 amide bonds. The van der Waals surface area contributed by atoms with Gasteiger partial charge in [0.1, 0.15) is 6.61 Å². The first-order valence-electron chi connectivity index (χ1n) is 6.41. The van der Waals surface area contributed by atoms with Gasteiger partial charge < -0.3 is 14.2 Å². The first-order chi connectivity index (χ1) is 9.24. The lowest BCUT2D eigenvalue weighted by Gasteiger charge is -2.23. The highest BCUT2D eigenvalue weighted by Gasteiger charge is 2.17. The molecule has 2 rings (SSSR count). The number of hydrogen-bond donors (Lipinski definition) is 0. The van der Waals surface area contributed by atoms with E-state index in [1.165, 1.54) is 6.42 Å². The second kappa shape index (κ2) is 7.22. The van der Waals surface area contributed by atoms with E-state index < -0.39 is 0 Å². The summed E-state index contributed by atoms with van der Waals surface area (Å²) in [5.74, 6) is 1.56. The van der Waals surface area contributed by atoms with E-state index in [0.29, 0.717) is 29.0 Å². The second-order valence-electron chi connectivity index (χ2n) is 4.54. The van der Waals surface area contributed by atoms with Crippen LogP contribution in [0.5, 0.6) is 11.5 Å². The number of methoxy groups -OCH3 is 1. The summed E-state index contributed by atoms with van der Waals surface area (Å²) in [6, 6.07) is 3.64. The summed E-state index contributed by atoms with van der Waals surface area (Å²) >= 11 is 12.0. The van der Waals surface area contributed by atoms with Gasteiger partial charge in [-0.25, -0.2) is 0 Å². The number of benzene rings is 1. The molecule has 1 atom stereocenters. The van der Waals surface area contributed by atoms with Crippen LogP contribution in [0.25, 0.3) is 0 Å². The number of halogens is 2. The Labute approximate surface area is 123 Å². The third-order valence-electron chi connectivity index (χ3n) is 3.13. The predicted molar refractivity (Wildman–Crippen MR) is 76.6 cm³/mol. The smallest absolute Gasteiger partial charge is 0.179 e. The molecule has 3 nitrogen and oxygen atoms in total.